The van der Waals surface area contributed by atoms with Crippen LogP contribution in [0.2, 0.25) is 0 Å². The Morgan fingerprint density at radius 2 is 2.12 bits per heavy atom. The van der Waals surface area contributed by atoms with Crippen LogP contribution in [0.5, 0.6) is 5.75 Å². The molecule has 0 saturated heterocycles. The zero-order chi connectivity index (χ0) is 17.5. The van der Waals surface area contributed by atoms with Gasteiger partial charge in [-0.1, -0.05) is 0 Å². The van der Waals surface area contributed by atoms with Crippen molar-refractivity contribution < 1.29 is 28.2 Å². The smallest absolute Gasteiger partial charge is 0.355 e. The number of hydrogen-bond donors (Lipinski definition) is 2. The molecule has 0 saturated carbocycles. The zero-order valence-electron chi connectivity index (χ0n) is 12.4. The third-order valence-corrected chi connectivity index (χ3v) is 3.76. The van der Waals surface area contributed by atoms with Crippen molar-refractivity contribution >= 4 is 23.2 Å². The van der Waals surface area contributed by atoms with E-state index in [4.69, 9.17) is 9.84 Å². The minimum Gasteiger partial charge on any atom is -0.491 e. The lowest BCUT2D eigenvalue weighted by Crippen LogP contribution is -2.23. The molecule has 1 aromatic carbocycles. The molecular formula is C15H14F2N2O4S. The molecule has 1 amide bonds. The highest BCUT2D eigenvalue weighted by atomic mass is 32.1. The Bertz CT molecular complexity index is 736. The van der Waals surface area contributed by atoms with E-state index < -0.39 is 17.6 Å². The first-order chi connectivity index (χ1) is 11.5. The maximum Gasteiger partial charge on any atom is 0.355 e. The molecule has 2 N–H and O–H groups in total. The van der Waals surface area contributed by atoms with Gasteiger partial charge < -0.3 is 15.2 Å². The van der Waals surface area contributed by atoms with Gasteiger partial charge >= 0.3 is 5.97 Å². The number of thiazole rings is 1. The second-order valence-electron chi connectivity index (χ2n) is 4.74. The summed E-state index contributed by atoms with van der Waals surface area (Å²) in [5.74, 6) is -2.93. The molecule has 1 heterocycles. The molecular weight excluding hydrogens is 342 g/mol. The van der Waals surface area contributed by atoms with E-state index in [9.17, 15) is 18.4 Å². The van der Waals surface area contributed by atoms with Gasteiger partial charge in [0.1, 0.15) is 10.8 Å². The summed E-state index contributed by atoms with van der Waals surface area (Å²) in [5, 5.41) is 13.2. The van der Waals surface area contributed by atoms with Crippen LogP contribution in [-0.4, -0.2) is 28.6 Å². The fourth-order valence-corrected chi connectivity index (χ4v) is 2.47. The van der Waals surface area contributed by atoms with Gasteiger partial charge in [0.05, 0.1) is 13.2 Å². The van der Waals surface area contributed by atoms with Gasteiger partial charge in [-0.05, 0) is 18.6 Å². The number of hydrogen-bond acceptors (Lipinski definition) is 5. The summed E-state index contributed by atoms with van der Waals surface area (Å²) >= 11 is 1.14. The van der Waals surface area contributed by atoms with Crippen molar-refractivity contribution in [3.05, 3.63) is 45.9 Å². The molecule has 0 unspecified atom stereocenters. The van der Waals surface area contributed by atoms with Crippen LogP contribution in [0.15, 0.2) is 23.6 Å². The second-order valence-corrected chi connectivity index (χ2v) is 5.68. The molecule has 0 atom stereocenters. The second kappa shape index (κ2) is 8.34. The van der Waals surface area contributed by atoms with Crippen LogP contribution in [0.3, 0.4) is 0 Å². The highest BCUT2D eigenvalue weighted by Gasteiger charge is 2.10. The monoisotopic (exact) mass is 356 g/mol. The molecule has 2 aromatic rings. The quantitative estimate of drug-likeness (QED) is 0.710. The average Bonchev–Trinajstić information content (AvgIpc) is 3.00. The number of ether oxygens (including phenoxy) is 1. The summed E-state index contributed by atoms with van der Waals surface area (Å²) in [7, 11) is 0. The Labute approximate surface area is 140 Å². The first kappa shape index (κ1) is 17.8. The molecule has 0 aliphatic rings. The topological polar surface area (TPSA) is 88.5 Å². The minimum atomic E-state index is -1.12. The van der Waals surface area contributed by atoms with Crippen LogP contribution in [0, 0.1) is 11.6 Å². The number of halogens is 2. The molecule has 9 heteroatoms. The van der Waals surface area contributed by atoms with E-state index in [0.29, 0.717) is 11.4 Å². The summed E-state index contributed by atoms with van der Waals surface area (Å²) in [6, 6.07) is 3.00. The molecule has 24 heavy (non-hydrogen) atoms. The van der Waals surface area contributed by atoms with Crippen LogP contribution in [0.1, 0.15) is 28.3 Å². The predicted octanol–water partition coefficient (Wildman–Crippen LogP) is 2.59. The lowest BCUT2D eigenvalue weighted by molar-refractivity contribution is -0.121. The van der Waals surface area contributed by atoms with Crippen molar-refractivity contribution in [1.82, 2.24) is 10.3 Å². The van der Waals surface area contributed by atoms with Gasteiger partial charge in [-0.25, -0.2) is 18.6 Å². The minimum absolute atomic E-state index is 0.0565. The fraction of sp³-hybridized carbons (Fsp3) is 0.267. The molecule has 0 aliphatic carbocycles. The number of carbonyl (C=O) groups is 2. The van der Waals surface area contributed by atoms with Crippen molar-refractivity contribution in [2.24, 2.45) is 0 Å². The molecule has 2 rings (SSSR count). The molecule has 128 valence electrons. The Kier molecular flexibility index (Phi) is 6.19. The van der Waals surface area contributed by atoms with E-state index in [2.05, 4.69) is 10.3 Å². The van der Waals surface area contributed by atoms with Gasteiger partial charge in [-0.2, -0.15) is 0 Å². The predicted molar refractivity (Wildman–Crippen MR) is 82.0 cm³/mol. The SMILES string of the molecule is O=C(CCCOc1ccc(F)cc1F)NCc1nc(C(=O)O)cs1. The van der Waals surface area contributed by atoms with Crippen molar-refractivity contribution in [3.8, 4) is 5.75 Å². The van der Waals surface area contributed by atoms with Gasteiger partial charge in [-0.15, -0.1) is 11.3 Å². The van der Waals surface area contributed by atoms with E-state index in [1.807, 2.05) is 0 Å². The summed E-state index contributed by atoms with van der Waals surface area (Å²) in [5.41, 5.74) is -0.0565. The largest absolute Gasteiger partial charge is 0.491 e. The number of carboxylic acid groups (broad SMARTS) is 1. The third-order valence-electron chi connectivity index (χ3n) is 2.91. The highest BCUT2D eigenvalue weighted by molar-refractivity contribution is 7.09. The lowest BCUT2D eigenvalue weighted by atomic mass is 10.3. The Balaban J connectivity index is 1.66. The Morgan fingerprint density at radius 3 is 2.79 bits per heavy atom. The van der Waals surface area contributed by atoms with Crippen LogP contribution >= 0.6 is 11.3 Å². The summed E-state index contributed by atoms with van der Waals surface area (Å²) < 4.78 is 31.2. The molecule has 0 radical (unpaired) electrons. The van der Waals surface area contributed by atoms with E-state index >= 15 is 0 Å². The van der Waals surface area contributed by atoms with Gasteiger partial charge in [0.25, 0.3) is 0 Å². The van der Waals surface area contributed by atoms with Crippen LogP contribution in [0.4, 0.5) is 8.78 Å². The molecule has 0 spiro atoms. The van der Waals surface area contributed by atoms with Gasteiger partial charge in [-0.3, -0.25) is 4.79 Å². The molecule has 0 fully saturated rings. The summed E-state index contributed by atoms with van der Waals surface area (Å²) in [6.45, 7) is 0.251. The van der Waals surface area contributed by atoms with Gasteiger partial charge in [0.15, 0.2) is 17.3 Å². The summed E-state index contributed by atoms with van der Waals surface area (Å²) in [4.78, 5) is 26.2. The molecule has 6 nitrogen and oxygen atoms in total. The Morgan fingerprint density at radius 1 is 1.33 bits per heavy atom. The van der Waals surface area contributed by atoms with Crippen LogP contribution < -0.4 is 10.1 Å². The van der Waals surface area contributed by atoms with E-state index in [1.165, 1.54) is 11.4 Å². The van der Waals surface area contributed by atoms with Crippen LogP contribution in [-0.2, 0) is 11.3 Å². The average molecular weight is 356 g/mol. The standard InChI is InChI=1S/C15H14F2N2O4S/c16-9-3-4-12(10(17)6-9)23-5-1-2-13(20)18-7-14-19-11(8-24-14)15(21)22/h3-4,6,8H,1-2,5,7H2,(H,18,20)(H,21,22). The van der Waals surface area contributed by atoms with Crippen molar-refractivity contribution in [3.63, 3.8) is 0 Å². The number of carbonyl (C=O) groups excluding carboxylic acids is 1. The first-order valence-corrected chi connectivity index (χ1v) is 7.86. The van der Waals surface area contributed by atoms with Crippen molar-refractivity contribution in [1.29, 1.82) is 0 Å². The first-order valence-electron chi connectivity index (χ1n) is 6.98. The van der Waals surface area contributed by atoms with Crippen LogP contribution in [0.25, 0.3) is 0 Å². The van der Waals surface area contributed by atoms with Crippen molar-refractivity contribution in [2.45, 2.75) is 19.4 Å². The fourth-order valence-electron chi connectivity index (χ4n) is 1.76. The number of aromatic carboxylic acids is 1. The van der Waals surface area contributed by atoms with E-state index in [1.54, 1.807) is 0 Å². The molecule has 1 aromatic heterocycles. The molecule has 0 bridgehead atoms. The number of nitrogens with zero attached hydrogens (tertiary/aromatic N) is 1. The van der Waals surface area contributed by atoms with E-state index in [0.717, 1.165) is 23.5 Å². The number of nitrogens with one attached hydrogen (secondary N) is 1. The maximum atomic E-state index is 13.3. The zero-order valence-corrected chi connectivity index (χ0v) is 13.2. The van der Waals surface area contributed by atoms with Crippen molar-refractivity contribution in [2.75, 3.05) is 6.61 Å². The lowest BCUT2D eigenvalue weighted by Gasteiger charge is -2.07. The Hall–Kier alpha value is -2.55. The maximum absolute atomic E-state index is 13.3. The van der Waals surface area contributed by atoms with Gasteiger partial charge in [0, 0.05) is 17.9 Å². The molecule has 0 aliphatic heterocycles. The normalized spacial score (nSPS) is 10.4. The third kappa shape index (κ3) is 5.27. The number of benzene rings is 1. The number of amides is 1. The van der Waals surface area contributed by atoms with Gasteiger partial charge in [0.2, 0.25) is 5.91 Å². The number of aromatic nitrogens is 1. The highest BCUT2D eigenvalue weighted by Crippen LogP contribution is 2.17. The number of rotatable bonds is 8. The van der Waals surface area contributed by atoms with E-state index in [-0.39, 0.29) is 36.9 Å². The summed E-state index contributed by atoms with van der Waals surface area (Å²) in [6.07, 6.45) is 0.501. The number of carboxylic acids is 1.